The molecule has 4 heteroatoms. The molecule has 0 aliphatic heterocycles. The summed E-state index contributed by atoms with van der Waals surface area (Å²) >= 11 is 0. The van der Waals surface area contributed by atoms with Gasteiger partial charge in [0.1, 0.15) is 5.75 Å². The maximum absolute atomic E-state index is 11.1. The van der Waals surface area contributed by atoms with E-state index < -0.39 is 0 Å². The fourth-order valence-corrected chi connectivity index (χ4v) is 1.35. The van der Waals surface area contributed by atoms with Gasteiger partial charge in [-0.25, -0.2) is 0 Å². The van der Waals surface area contributed by atoms with Crippen LogP contribution in [-0.2, 0) is 16.0 Å². The molecule has 0 saturated carbocycles. The first-order valence-corrected chi connectivity index (χ1v) is 4.59. The molecule has 0 fully saturated rings. The zero-order valence-electron chi connectivity index (χ0n) is 9.16. The molecule has 1 aromatic carbocycles. The zero-order valence-corrected chi connectivity index (χ0v) is 9.16. The Balaban J connectivity index is 3.01. The van der Waals surface area contributed by atoms with E-state index in [4.69, 9.17) is 10.5 Å². The molecule has 1 rings (SSSR count). The van der Waals surface area contributed by atoms with Gasteiger partial charge in [-0.05, 0) is 24.1 Å². The fourth-order valence-electron chi connectivity index (χ4n) is 1.35. The molecule has 0 aliphatic carbocycles. The van der Waals surface area contributed by atoms with E-state index >= 15 is 0 Å². The van der Waals surface area contributed by atoms with Gasteiger partial charge in [-0.2, -0.15) is 0 Å². The Kier molecular flexibility index (Phi) is 3.55. The van der Waals surface area contributed by atoms with E-state index in [0.29, 0.717) is 11.4 Å². The van der Waals surface area contributed by atoms with Crippen molar-refractivity contribution in [3.63, 3.8) is 0 Å². The Morgan fingerprint density at radius 3 is 2.60 bits per heavy atom. The molecule has 0 aromatic heterocycles. The molecule has 0 heterocycles. The third-order valence-electron chi connectivity index (χ3n) is 2.37. The number of nitrogens with two attached hydrogens (primary N) is 1. The van der Waals surface area contributed by atoms with Crippen LogP contribution in [0.2, 0.25) is 0 Å². The SMILES string of the molecule is COC(=O)Cc1ccc(OC)c(N)c1C. The molecule has 0 bridgehead atoms. The molecule has 0 aliphatic rings. The highest BCUT2D eigenvalue weighted by Crippen LogP contribution is 2.27. The number of rotatable bonds is 3. The van der Waals surface area contributed by atoms with Gasteiger partial charge in [0.2, 0.25) is 0 Å². The number of carbonyl (C=O) groups excluding carboxylic acids is 1. The largest absolute Gasteiger partial charge is 0.495 e. The second-order valence-corrected chi connectivity index (χ2v) is 3.22. The molecular weight excluding hydrogens is 194 g/mol. The molecule has 1 aromatic rings. The molecule has 0 amide bonds. The van der Waals surface area contributed by atoms with Crippen molar-refractivity contribution in [2.45, 2.75) is 13.3 Å². The van der Waals surface area contributed by atoms with E-state index in [1.807, 2.05) is 13.0 Å². The van der Waals surface area contributed by atoms with Gasteiger partial charge in [-0.3, -0.25) is 4.79 Å². The van der Waals surface area contributed by atoms with Crippen molar-refractivity contribution in [2.75, 3.05) is 20.0 Å². The van der Waals surface area contributed by atoms with Crippen molar-refractivity contribution in [3.8, 4) is 5.75 Å². The molecule has 82 valence electrons. The van der Waals surface area contributed by atoms with E-state index in [1.54, 1.807) is 13.2 Å². The first-order chi connectivity index (χ1) is 7.10. The Bertz CT molecular complexity index is 374. The van der Waals surface area contributed by atoms with Crippen molar-refractivity contribution in [2.24, 2.45) is 0 Å². The Morgan fingerprint density at radius 2 is 2.07 bits per heavy atom. The summed E-state index contributed by atoms with van der Waals surface area (Å²) in [5, 5.41) is 0. The molecule has 0 saturated heterocycles. The lowest BCUT2D eigenvalue weighted by molar-refractivity contribution is -0.139. The quantitative estimate of drug-likeness (QED) is 0.602. The summed E-state index contributed by atoms with van der Waals surface area (Å²) in [7, 11) is 2.93. The number of hydrogen-bond donors (Lipinski definition) is 1. The van der Waals surface area contributed by atoms with Gasteiger partial charge in [0.25, 0.3) is 0 Å². The molecule has 0 atom stereocenters. The van der Waals surface area contributed by atoms with Crippen LogP contribution in [0.1, 0.15) is 11.1 Å². The second-order valence-electron chi connectivity index (χ2n) is 3.22. The zero-order chi connectivity index (χ0) is 11.4. The standard InChI is InChI=1S/C11H15NO3/c1-7-8(6-10(13)15-3)4-5-9(14-2)11(7)12/h4-5H,6,12H2,1-3H3. The van der Waals surface area contributed by atoms with Crippen LogP contribution >= 0.6 is 0 Å². The second kappa shape index (κ2) is 4.68. The summed E-state index contributed by atoms with van der Waals surface area (Å²) in [4.78, 5) is 11.1. The average Bonchev–Trinajstić information content (AvgIpc) is 2.25. The van der Waals surface area contributed by atoms with Gasteiger partial charge in [0.15, 0.2) is 0 Å². The van der Waals surface area contributed by atoms with Crippen LogP contribution < -0.4 is 10.5 Å². The molecule has 4 nitrogen and oxygen atoms in total. The summed E-state index contributed by atoms with van der Waals surface area (Å²) in [6, 6.07) is 3.57. The number of methoxy groups -OCH3 is 2. The highest BCUT2D eigenvalue weighted by atomic mass is 16.5. The lowest BCUT2D eigenvalue weighted by atomic mass is 10.0. The number of benzene rings is 1. The van der Waals surface area contributed by atoms with Crippen LogP contribution in [0.15, 0.2) is 12.1 Å². The van der Waals surface area contributed by atoms with Crippen molar-refractivity contribution in [3.05, 3.63) is 23.3 Å². The molecule has 15 heavy (non-hydrogen) atoms. The van der Waals surface area contributed by atoms with E-state index in [-0.39, 0.29) is 12.4 Å². The minimum atomic E-state index is -0.275. The maximum Gasteiger partial charge on any atom is 0.309 e. The average molecular weight is 209 g/mol. The third kappa shape index (κ3) is 2.40. The van der Waals surface area contributed by atoms with E-state index in [9.17, 15) is 4.79 Å². The molecule has 2 N–H and O–H groups in total. The summed E-state index contributed by atoms with van der Waals surface area (Å²) < 4.78 is 9.67. The number of hydrogen-bond acceptors (Lipinski definition) is 4. The number of nitrogen functional groups attached to an aromatic ring is 1. The minimum absolute atomic E-state index is 0.233. The van der Waals surface area contributed by atoms with Crippen LogP contribution in [-0.4, -0.2) is 20.2 Å². The first-order valence-electron chi connectivity index (χ1n) is 4.59. The fraction of sp³-hybridized carbons (Fsp3) is 0.364. The van der Waals surface area contributed by atoms with Crippen LogP contribution in [0.4, 0.5) is 5.69 Å². The van der Waals surface area contributed by atoms with Crippen LogP contribution in [0.3, 0.4) is 0 Å². The molecule has 0 spiro atoms. The lowest BCUT2D eigenvalue weighted by Gasteiger charge is -2.11. The van der Waals surface area contributed by atoms with E-state index in [1.165, 1.54) is 7.11 Å². The van der Waals surface area contributed by atoms with Gasteiger partial charge in [-0.1, -0.05) is 6.07 Å². The van der Waals surface area contributed by atoms with E-state index in [2.05, 4.69) is 4.74 Å². The van der Waals surface area contributed by atoms with E-state index in [0.717, 1.165) is 11.1 Å². The third-order valence-corrected chi connectivity index (χ3v) is 2.37. The Hall–Kier alpha value is -1.71. The predicted octanol–water partition coefficient (Wildman–Crippen LogP) is 1.30. The van der Waals surface area contributed by atoms with Gasteiger partial charge >= 0.3 is 5.97 Å². The van der Waals surface area contributed by atoms with Crippen LogP contribution in [0.25, 0.3) is 0 Å². The minimum Gasteiger partial charge on any atom is -0.495 e. The predicted molar refractivity (Wildman–Crippen MR) is 57.9 cm³/mol. The number of anilines is 1. The first kappa shape index (κ1) is 11.4. The van der Waals surface area contributed by atoms with Crippen LogP contribution in [0.5, 0.6) is 5.75 Å². The highest BCUT2D eigenvalue weighted by molar-refractivity contribution is 5.74. The summed E-state index contributed by atoms with van der Waals surface area (Å²) in [5.74, 6) is 0.351. The van der Waals surface area contributed by atoms with Crippen LogP contribution in [0, 0.1) is 6.92 Å². The van der Waals surface area contributed by atoms with Gasteiger partial charge in [-0.15, -0.1) is 0 Å². The number of carbonyl (C=O) groups is 1. The summed E-state index contributed by atoms with van der Waals surface area (Å²) in [6.07, 6.45) is 0.233. The summed E-state index contributed by atoms with van der Waals surface area (Å²) in [5.41, 5.74) is 8.12. The normalized spacial score (nSPS) is 9.80. The van der Waals surface area contributed by atoms with Gasteiger partial charge in [0.05, 0.1) is 26.3 Å². The maximum atomic E-state index is 11.1. The Morgan fingerprint density at radius 1 is 1.40 bits per heavy atom. The topological polar surface area (TPSA) is 61.5 Å². The van der Waals surface area contributed by atoms with Gasteiger partial charge < -0.3 is 15.2 Å². The molecule has 0 unspecified atom stereocenters. The smallest absolute Gasteiger partial charge is 0.309 e. The Labute approximate surface area is 89.0 Å². The number of ether oxygens (including phenoxy) is 2. The summed E-state index contributed by atoms with van der Waals surface area (Å²) in [6.45, 7) is 1.86. The van der Waals surface area contributed by atoms with Gasteiger partial charge in [0, 0.05) is 0 Å². The van der Waals surface area contributed by atoms with Crippen molar-refractivity contribution >= 4 is 11.7 Å². The van der Waals surface area contributed by atoms with Crippen molar-refractivity contribution in [1.82, 2.24) is 0 Å². The monoisotopic (exact) mass is 209 g/mol. The van der Waals surface area contributed by atoms with Crippen molar-refractivity contribution in [1.29, 1.82) is 0 Å². The van der Waals surface area contributed by atoms with Crippen molar-refractivity contribution < 1.29 is 14.3 Å². The number of esters is 1. The molecular formula is C11H15NO3. The molecule has 0 radical (unpaired) electrons. The highest BCUT2D eigenvalue weighted by Gasteiger charge is 2.10. The lowest BCUT2D eigenvalue weighted by Crippen LogP contribution is -2.07.